The maximum atomic E-state index is 11.5. The van der Waals surface area contributed by atoms with Crippen LogP contribution in [0.1, 0.15) is 28.2 Å². The normalized spacial score (nSPS) is 10.4. The number of rotatable bonds is 3. The highest BCUT2D eigenvalue weighted by Gasteiger charge is 2.11. The number of nitrogens with zero attached hydrogens (tertiary/aromatic N) is 4. The molecule has 2 heterocycles. The average Bonchev–Trinajstić information content (AvgIpc) is 2.84. The van der Waals surface area contributed by atoms with Crippen molar-refractivity contribution in [3.05, 3.63) is 23.4 Å². The van der Waals surface area contributed by atoms with Crippen LogP contribution < -0.4 is 5.32 Å². The van der Waals surface area contributed by atoms with Gasteiger partial charge in [-0.2, -0.15) is 4.98 Å². The summed E-state index contributed by atoms with van der Waals surface area (Å²) < 4.78 is 4.76. The summed E-state index contributed by atoms with van der Waals surface area (Å²) in [6, 6.07) is 0. The molecule has 8 heteroatoms. The molecule has 1 amide bonds. The maximum Gasteiger partial charge on any atom is 0.291 e. The lowest BCUT2D eigenvalue weighted by Gasteiger charge is -1.96. The fourth-order valence-corrected chi connectivity index (χ4v) is 1.10. The van der Waals surface area contributed by atoms with Crippen molar-refractivity contribution in [3.8, 4) is 0 Å². The van der Waals surface area contributed by atoms with Gasteiger partial charge in [0.1, 0.15) is 5.82 Å². The van der Waals surface area contributed by atoms with Crippen LogP contribution >= 0.6 is 0 Å². The van der Waals surface area contributed by atoms with Gasteiger partial charge in [0.2, 0.25) is 11.7 Å². The van der Waals surface area contributed by atoms with E-state index in [1.807, 2.05) is 0 Å². The van der Waals surface area contributed by atoms with Gasteiger partial charge in [-0.15, -0.1) is 5.10 Å². The number of amides is 1. The van der Waals surface area contributed by atoms with Crippen molar-refractivity contribution in [2.75, 3.05) is 0 Å². The first kappa shape index (κ1) is 10.3. The first-order valence-corrected chi connectivity index (χ1v) is 4.61. The molecule has 2 N–H and O–H groups in total. The standard InChI is InChI=1S/C8H10N6O2/c1-4-10-7(13-12-4)8(15)9-3-6-11-5(2)16-14-6/h3H2,1-2H3,(H,9,15)(H,10,12,13). The SMILES string of the molecule is Cc1nc(C(=O)NCc2noc(C)n2)n[nH]1. The highest BCUT2D eigenvalue weighted by molar-refractivity contribution is 5.90. The van der Waals surface area contributed by atoms with Gasteiger partial charge in [-0.25, -0.2) is 4.98 Å². The van der Waals surface area contributed by atoms with Crippen LogP contribution in [0.3, 0.4) is 0 Å². The molecule has 2 aromatic heterocycles. The van der Waals surface area contributed by atoms with E-state index in [-0.39, 0.29) is 18.3 Å². The van der Waals surface area contributed by atoms with E-state index in [9.17, 15) is 4.79 Å². The summed E-state index contributed by atoms with van der Waals surface area (Å²) in [6.45, 7) is 3.58. The third-order valence-electron chi connectivity index (χ3n) is 1.78. The summed E-state index contributed by atoms with van der Waals surface area (Å²) in [4.78, 5) is 19.3. The molecule has 0 aliphatic rings. The quantitative estimate of drug-likeness (QED) is 0.740. The molecule has 16 heavy (non-hydrogen) atoms. The Bertz CT molecular complexity index is 502. The molecule has 0 unspecified atom stereocenters. The van der Waals surface area contributed by atoms with E-state index in [4.69, 9.17) is 4.52 Å². The van der Waals surface area contributed by atoms with E-state index in [0.29, 0.717) is 17.5 Å². The van der Waals surface area contributed by atoms with Crippen LogP contribution in [0.15, 0.2) is 4.52 Å². The third kappa shape index (κ3) is 2.22. The molecule has 0 saturated heterocycles. The Hall–Kier alpha value is -2.25. The molecule has 0 fully saturated rings. The lowest BCUT2D eigenvalue weighted by Crippen LogP contribution is -2.24. The van der Waals surface area contributed by atoms with Crippen LogP contribution in [0.25, 0.3) is 0 Å². The number of nitrogens with one attached hydrogen (secondary N) is 2. The summed E-state index contributed by atoms with van der Waals surface area (Å²) in [5.41, 5.74) is 0. The van der Waals surface area contributed by atoms with Gasteiger partial charge in [-0.1, -0.05) is 5.16 Å². The summed E-state index contributed by atoms with van der Waals surface area (Å²) in [6.07, 6.45) is 0. The van der Waals surface area contributed by atoms with Gasteiger partial charge in [0, 0.05) is 6.92 Å². The van der Waals surface area contributed by atoms with Crippen LogP contribution in [0.4, 0.5) is 0 Å². The van der Waals surface area contributed by atoms with Crippen molar-refractivity contribution >= 4 is 5.91 Å². The molecule has 0 atom stereocenters. The van der Waals surface area contributed by atoms with Crippen molar-refractivity contribution in [3.63, 3.8) is 0 Å². The molecule has 0 spiro atoms. The van der Waals surface area contributed by atoms with Crippen molar-refractivity contribution in [2.45, 2.75) is 20.4 Å². The Balaban J connectivity index is 1.93. The number of aryl methyl sites for hydroxylation is 2. The second-order valence-corrected chi connectivity index (χ2v) is 3.16. The minimum atomic E-state index is -0.383. The van der Waals surface area contributed by atoms with E-state index in [1.165, 1.54) is 0 Å². The largest absolute Gasteiger partial charge is 0.342 e. The first-order chi connectivity index (χ1) is 7.65. The molecular weight excluding hydrogens is 212 g/mol. The van der Waals surface area contributed by atoms with Crippen LogP contribution in [0, 0.1) is 13.8 Å². The van der Waals surface area contributed by atoms with Gasteiger partial charge >= 0.3 is 0 Å². The van der Waals surface area contributed by atoms with Gasteiger partial charge in [-0.3, -0.25) is 9.89 Å². The van der Waals surface area contributed by atoms with Crippen LogP contribution in [-0.2, 0) is 6.54 Å². The molecule has 8 nitrogen and oxygen atoms in total. The molecule has 0 aromatic carbocycles. The predicted molar refractivity (Wildman–Crippen MR) is 51.3 cm³/mol. The number of carbonyl (C=O) groups is 1. The van der Waals surface area contributed by atoms with Gasteiger partial charge < -0.3 is 9.84 Å². The Labute approximate surface area is 90.5 Å². The number of hydrogen-bond acceptors (Lipinski definition) is 6. The van der Waals surface area contributed by atoms with Gasteiger partial charge in [0.25, 0.3) is 5.91 Å². The fourth-order valence-electron chi connectivity index (χ4n) is 1.10. The highest BCUT2D eigenvalue weighted by atomic mass is 16.5. The number of H-pyrrole nitrogens is 1. The van der Waals surface area contributed by atoms with Crippen molar-refractivity contribution < 1.29 is 9.32 Å². The highest BCUT2D eigenvalue weighted by Crippen LogP contribution is 1.95. The van der Waals surface area contributed by atoms with E-state index in [0.717, 1.165) is 0 Å². The van der Waals surface area contributed by atoms with E-state index in [1.54, 1.807) is 13.8 Å². The molecule has 2 aromatic rings. The second-order valence-electron chi connectivity index (χ2n) is 3.16. The minimum absolute atomic E-state index is 0.0951. The summed E-state index contributed by atoms with van der Waals surface area (Å²) in [5, 5.41) is 12.5. The van der Waals surface area contributed by atoms with E-state index in [2.05, 4.69) is 30.6 Å². The lowest BCUT2D eigenvalue weighted by molar-refractivity contribution is 0.0939. The molecule has 0 aliphatic heterocycles. The third-order valence-corrected chi connectivity index (χ3v) is 1.78. The topological polar surface area (TPSA) is 110 Å². The molecular formula is C8H10N6O2. The Morgan fingerprint density at radius 3 is 2.81 bits per heavy atom. The monoisotopic (exact) mass is 222 g/mol. The average molecular weight is 222 g/mol. The molecule has 0 bridgehead atoms. The van der Waals surface area contributed by atoms with E-state index < -0.39 is 0 Å². The summed E-state index contributed by atoms with van der Waals surface area (Å²) in [5.74, 6) is 1.17. The van der Waals surface area contributed by atoms with Crippen molar-refractivity contribution in [1.82, 2.24) is 30.6 Å². The molecule has 0 aliphatic carbocycles. The Morgan fingerprint density at radius 1 is 1.44 bits per heavy atom. The van der Waals surface area contributed by atoms with Gasteiger partial charge in [0.05, 0.1) is 6.54 Å². The zero-order valence-electron chi connectivity index (χ0n) is 8.81. The van der Waals surface area contributed by atoms with Crippen molar-refractivity contribution in [2.24, 2.45) is 0 Å². The zero-order chi connectivity index (χ0) is 11.5. The fraction of sp³-hybridized carbons (Fsp3) is 0.375. The molecule has 2 rings (SSSR count). The smallest absolute Gasteiger partial charge is 0.291 e. The van der Waals surface area contributed by atoms with Crippen LogP contribution in [-0.4, -0.2) is 31.2 Å². The second kappa shape index (κ2) is 4.09. The van der Waals surface area contributed by atoms with Crippen LogP contribution in [0.2, 0.25) is 0 Å². The zero-order valence-corrected chi connectivity index (χ0v) is 8.81. The Kier molecular flexibility index (Phi) is 2.63. The predicted octanol–water partition coefficient (Wildman–Crippen LogP) is -0.265. The number of aromatic nitrogens is 5. The Morgan fingerprint density at radius 2 is 2.25 bits per heavy atom. The van der Waals surface area contributed by atoms with Gasteiger partial charge in [0.15, 0.2) is 5.82 Å². The molecule has 84 valence electrons. The number of hydrogen-bond donors (Lipinski definition) is 2. The minimum Gasteiger partial charge on any atom is -0.342 e. The van der Waals surface area contributed by atoms with Gasteiger partial charge in [-0.05, 0) is 6.92 Å². The van der Waals surface area contributed by atoms with Crippen LogP contribution in [0.5, 0.6) is 0 Å². The molecule has 0 radical (unpaired) electrons. The maximum absolute atomic E-state index is 11.5. The summed E-state index contributed by atoms with van der Waals surface area (Å²) in [7, 11) is 0. The first-order valence-electron chi connectivity index (χ1n) is 4.61. The number of aromatic amines is 1. The van der Waals surface area contributed by atoms with Crippen molar-refractivity contribution in [1.29, 1.82) is 0 Å². The molecule has 0 saturated carbocycles. The lowest BCUT2D eigenvalue weighted by atomic mass is 10.5. The van der Waals surface area contributed by atoms with E-state index >= 15 is 0 Å². The summed E-state index contributed by atoms with van der Waals surface area (Å²) >= 11 is 0. The number of carbonyl (C=O) groups excluding carboxylic acids is 1.